The topological polar surface area (TPSA) is 129 Å². The Hall–Kier alpha value is 0.450. The number of carbonyl (C=O) groups excluding carboxylic acids is 1. The minimum absolute atomic E-state index is 0. The third kappa shape index (κ3) is 6.51. The van der Waals surface area contributed by atoms with E-state index in [0.29, 0.717) is 0 Å². The number of carboxylic acids is 1. The molecule has 0 unspecified atom stereocenters. The Kier molecular flexibility index (Phi) is 7.38. The average molecular weight is 332 g/mol. The molecule has 0 aliphatic heterocycles. The van der Waals surface area contributed by atoms with Crippen LogP contribution in [-0.4, -0.2) is 18.9 Å². The molecule has 0 saturated heterocycles. The van der Waals surface area contributed by atoms with Gasteiger partial charge in [0.05, 0.1) is 10.1 Å². The fourth-order valence-corrected chi connectivity index (χ4v) is 2.78. The summed E-state index contributed by atoms with van der Waals surface area (Å²) in [6.07, 6.45) is 0. The van der Waals surface area contributed by atoms with Gasteiger partial charge >= 0.3 is 49.4 Å². The van der Waals surface area contributed by atoms with Crippen LogP contribution < -0.4 is 34.7 Å². The van der Waals surface area contributed by atoms with Crippen LogP contribution in [0.25, 0.3) is 0 Å². The summed E-state index contributed by atoms with van der Waals surface area (Å²) in [4.78, 5) is 8.27. The number of rotatable bonds is 3. The second kappa shape index (κ2) is 6.03. The first-order valence-electron chi connectivity index (χ1n) is 2.19. The first kappa shape index (κ1) is 15.9. The molecule has 0 saturated carbocycles. The molecule has 70 valence electrons. The van der Waals surface area contributed by atoms with E-state index in [4.69, 9.17) is 4.55 Å². The maximum Gasteiger partial charge on any atom is 1.00 e. The largest absolute Gasteiger partial charge is 1.00 e. The molecule has 1 N–H and O–H groups in total. The van der Waals surface area contributed by atoms with Crippen molar-refractivity contribution in [2.24, 2.45) is 0 Å². The van der Waals surface area contributed by atoms with Gasteiger partial charge in [-0.2, -0.15) is 8.42 Å². The molecule has 0 fully saturated rings. The number of halogens is 1. The van der Waals surface area contributed by atoms with Gasteiger partial charge in [-0.3, -0.25) is 4.55 Å². The van der Waals surface area contributed by atoms with E-state index in [1.165, 1.54) is 0 Å². The minimum atomic E-state index is -5.02. The second-order valence-electron chi connectivity index (χ2n) is 1.48. The number of hydrogen-bond acceptors (Lipinski definition) is 6. The molecule has 0 spiro atoms. The number of carbonyl (C=O) groups is 1. The normalized spacial score (nSPS) is 12.3. The van der Waals surface area contributed by atoms with E-state index in [0.717, 1.165) is 0 Å². The fraction of sp³-hybridized carbons (Fsp3) is 0. The van der Waals surface area contributed by atoms with Crippen molar-refractivity contribution in [2.75, 3.05) is 0 Å². The summed E-state index contributed by atoms with van der Waals surface area (Å²) in [6.45, 7) is 0. The summed E-state index contributed by atoms with van der Waals surface area (Å²) >= 11 is -4.16. The first-order valence-corrected chi connectivity index (χ1v) is 6.64. The van der Waals surface area contributed by atoms with Gasteiger partial charge in [-0.25, -0.2) is 6.14 Å². The second-order valence-corrected chi connectivity index (χ2v) is 4.87. The predicted octanol–water partition coefficient (Wildman–Crippen LogP) is -4.33. The standard InChI is InChI=1S/C3H3IO7S.Na/c5-3(6)2(1-4(7)8)12(9,10)11;/h1H,(H,5,6)(H,9,10,11);/q;+1/p-1/b2-1-;. The van der Waals surface area contributed by atoms with E-state index in [9.17, 15) is 24.5 Å². The van der Waals surface area contributed by atoms with Crippen LogP contribution in [0, 0.1) is 0 Å². The third-order valence-electron chi connectivity index (χ3n) is 0.667. The van der Waals surface area contributed by atoms with Gasteiger partial charge in [0.2, 0.25) is 0 Å². The SMILES string of the molecule is O=C([O-])/C(=C/I(=O)=O)S(=O)(=O)O.[Na+]. The molecule has 10 heteroatoms. The van der Waals surface area contributed by atoms with Crippen molar-refractivity contribution >= 4 is 35.9 Å². The van der Waals surface area contributed by atoms with Crippen LogP contribution in [0.3, 0.4) is 0 Å². The molecule has 0 aromatic carbocycles. The molecular weight excluding hydrogens is 330 g/mol. The fourth-order valence-electron chi connectivity index (χ4n) is 0.287. The van der Waals surface area contributed by atoms with E-state index in [1.54, 1.807) is 0 Å². The number of hydrogen-bond donors (Lipinski definition) is 1. The van der Waals surface area contributed by atoms with Crippen LogP contribution in [-0.2, 0) is 21.1 Å². The van der Waals surface area contributed by atoms with Crippen molar-refractivity contribution in [2.45, 2.75) is 0 Å². The Morgan fingerprint density at radius 1 is 1.38 bits per heavy atom. The number of carboxylic acid groups (broad SMARTS) is 1. The smallest absolute Gasteiger partial charge is 0.544 e. The van der Waals surface area contributed by atoms with Crippen molar-refractivity contribution in [3.63, 3.8) is 0 Å². The summed E-state index contributed by atoms with van der Waals surface area (Å²) in [6, 6.07) is 0. The van der Waals surface area contributed by atoms with Crippen LogP contribution in [0.2, 0.25) is 0 Å². The van der Waals surface area contributed by atoms with Gasteiger partial charge in [0.15, 0.2) is 0 Å². The Morgan fingerprint density at radius 3 is 1.85 bits per heavy atom. The van der Waals surface area contributed by atoms with E-state index < -0.39 is 40.8 Å². The summed E-state index contributed by atoms with van der Waals surface area (Å²) < 4.78 is 48.2. The Labute approximate surface area is 102 Å². The van der Waals surface area contributed by atoms with Gasteiger partial charge in [0.25, 0.3) is 10.1 Å². The molecule has 0 aliphatic carbocycles. The molecule has 0 amide bonds. The minimum Gasteiger partial charge on any atom is -0.544 e. The van der Waals surface area contributed by atoms with Crippen molar-refractivity contribution in [1.29, 1.82) is 0 Å². The monoisotopic (exact) mass is 332 g/mol. The third-order valence-corrected chi connectivity index (χ3v) is 3.06. The Bertz CT molecular complexity index is 382. The van der Waals surface area contributed by atoms with E-state index in [2.05, 4.69) is 0 Å². The van der Waals surface area contributed by atoms with Crippen molar-refractivity contribution in [3.05, 3.63) is 8.99 Å². The van der Waals surface area contributed by atoms with Crippen LogP contribution >= 0.6 is 19.8 Å². The van der Waals surface area contributed by atoms with Crippen molar-refractivity contribution < 1.29 is 58.6 Å². The molecule has 0 rings (SSSR count). The quantitative estimate of drug-likeness (QED) is 0.239. The van der Waals surface area contributed by atoms with Gasteiger partial charge in [-0.05, 0) is 0 Å². The zero-order valence-corrected chi connectivity index (χ0v) is 11.2. The van der Waals surface area contributed by atoms with Crippen LogP contribution in [0.1, 0.15) is 0 Å². The van der Waals surface area contributed by atoms with Gasteiger partial charge in [0, 0.05) is 0 Å². The maximum atomic E-state index is 10.1. The van der Waals surface area contributed by atoms with Crippen molar-refractivity contribution in [3.8, 4) is 0 Å². The van der Waals surface area contributed by atoms with E-state index in [-0.39, 0.29) is 33.6 Å². The molecular formula is C3H2INaO7S. The van der Waals surface area contributed by atoms with Gasteiger partial charge in [-0.15, -0.1) is 0 Å². The molecule has 0 aliphatic rings. The molecule has 0 radical (unpaired) electrons. The molecule has 0 aromatic rings. The molecule has 7 nitrogen and oxygen atoms in total. The molecule has 0 heterocycles. The van der Waals surface area contributed by atoms with Gasteiger partial charge in [0.1, 0.15) is 4.91 Å². The predicted molar refractivity (Wildman–Crippen MR) is 40.0 cm³/mol. The number of aliphatic carboxylic acids is 1. The van der Waals surface area contributed by atoms with Crippen LogP contribution in [0.4, 0.5) is 0 Å². The van der Waals surface area contributed by atoms with Crippen LogP contribution in [0.15, 0.2) is 8.99 Å². The van der Waals surface area contributed by atoms with Crippen molar-refractivity contribution in [1.82, 2.24) is 0 Å². The molecule has 0 bridgehead atoms. The first-order chi connectivity index (χ1) is 5.25. The summed E-state index contributed by atoms with van der Waals surface area (Å²) in [5, 5.41) is 9.91. The van der Waals surface area contributed by atoms with E-state index in [1.807, 2.05) is 0 Å². The van der Waals surface area contributed by atoms with E-state index >= 15 is 0 Å². The summed E-state index contributed by atoms with van der Waals surface area (Å²) in [5.41, 5.74) is 0. The summed E-state index contributed by atoms with van der Waals surface area (Å²) in [7, 11) is -5.02. The van der Waals surface area contributed by atoms with Crippen LogP contribution in [0.5, 0.6) is 0 Å². The Morgan fingerprint density at radius 2 is 1.77 bits per heavy atom. The Balaban J connectivity index is 0. The molecule has 0 aromatic heterocycles. The van der Waals surface area contributed by atoms with Gasteiger partial charge in [-0.1, -0.05) is 0 Å². The maximum absolute atomic E-state index is 10.1. The molecule has 0 atom stereocenters. The molecule has 13 heavy (non-hydrogen) atoms. The summed E-state index contributed by atoms with van der Waals surface area (Å²) in [5.74, 6) is -2.26. The van der Waals surface area contributed by atoms with Gasteiger partial charge < -0.3 is 9.90 Å². The zero-order valence-electron chi connectivity index (χ0n) is 6.26. The zero-order chi connectivity index (χ0) is 9.94. The average Bonchev–Trinajstić information content (AvgIpc) is 1.79.